The second kappa shape index (κ2) is 6.65. The smallest absolute Gasteiger partial charge is 0.223 e. The molecular formula is C15H18F2N2O2. The highest BCUT2D eigenvalue weighted by atomic mass is 19.2. The van der Waals surface area contributed by atoms with Crippen LogP contribution in [0.15, 0.2) is 18.2 Å². The molecule has 2 rings (SSSR count). The maximum Gasteiger partial charge on any atom is 0.223 e. The number of benzene rings is 1. The summed E-state index contributed by atoms with van der Waals surface area (Å²) in [6.07, 6.45) is 2.89. The van der Waals surface area contributed by atoms with Gasteiger partial charge in [0.15, 0.2) is 11.6 Å². The number of amides is 2. The fourth-order valence-electron chi connectivity index (χ4n) is 2.23. The Morgan fingerprint density at radius 3 is 2.52 bits per heavy atom. The number of halogens is 2. The van der Waals surface area contributed by atoms with Gasteiger partial charge in [-0.25, -0.2) is 8.78 Å². The zero-order valence-electron chi connectivity index (χ0n) is 11.9. The van der Waals surface area contributed by atoms with Crippen molar-refractivity contribution in [3.8, 4) is 0 Å². The van der Waals surface area contributed by atoms with E-state index in [1.54, 1.807) is 0 Å². The van der Waals surface area contributed by atoms with E-state index in [1.165, 1.54) is 17.9 Å². The molecule has 1 aliphatic carbocycles. The molecule has 0 bridgehead atoms. The number of nitrogens with one attached hydrogen (secondary N) is 1. The lowest BCUT2D eigenvalue weighted by Gasteiger charge is -2.25. The van der Waals surface area contributed by atoms with Crippen molar-refractivity contribution >= 4 is 17.5 Å². The first-order valence-corrected chi connectivity index (χ1v) is 7.00. The summed E-state index contributed by atoms with van der Waals surface area (Å²) in [7, 11) is 0. The fourth-order valence-corrected chi connectivity index (χ4v) is 2.23. The van der Waals surface area contributed by atoms with E-state index in [0.29, 0.717) is 0 Å². The van der Waals surface area contributed by atoms with Gasteiger partial charge < -0.3 is 10.2 Å². The second-order valence-corrected chi connectivity index (χ2v) is 5.19. The van der Waals surface area contributed by atoms with Gasteiger partial charge in [0.2, 0.25) is 11.8 Å². The highest BCUT2D eigenvalue weighted by Crippen LogP contribution is 2.26. The van der Waals surface area contributed by atoms with Gasteiger partial charge in [0.1, 0.15) is 0 Å². The lowest BCUT2D eigenvalue weighted by Crippen LogP contribution is -2.41. The van der Waals surface area contributed by atoms with Crippen molar-refractivity contribution in [3.05, 3.63) is 29.8 Å². The third kappa shape index (κ3) is 3.77. The minimum Gasteiger partial charge on any atom is -0.354 e. The molecule has 0 atom stereocenters. The molecule has 21 heavy (non-hydrogen) atoms. The Labute approximate surface area is 122 Å². The first-order valence-electron chi connectivity index (χ1n) is 7.00. The first kappa shape index (κ1) is 15.4. The molecule has 1 N–H and O–H groups in total. The fraction of sp³-hybridized carbons (Fsp3) is 0.467. The van der Waals surface area contributed by atoms with Gasteiger partial charge in [0, 0.05) is 37.7 Å². The quantitative estimate of drug-likeness (QED) is 0.906. The molecule has 114 valence electrons. The maximum atomic E-state index is 13.2. The van der Waals surface area contributed by atoms with E-state index in [4.69, 9.17) is 0 Å². The van der Waals surface area contributed by atoms with Crippen LogP contribution in [0.25, 0.3) is 0 Å². The van der Waals surface area contributed by atoms with Gasteiger partial charge in [-0.1, -0.05) is 6.42 Å². The number of anilines is 1. The van der Waals surface area contributed by atoms with Gasteiger partial charge in [-0.2, -0.15) is 0 Å². The molecule has 0 heterocycles. The number of hydrogen-bond donors (Lipinski definition) is 1. The molecule has 0 aromatic heterocycles. The van der Waals surface area contributed by atoms with Gasteiger partial charge in [-0.3, -0.25) is 9.59 Å². The molecule has 0 saturated heterocycles. The van der Waals surface area contributed by atoms with Crippen LogP contribution in [0, 0.1) is 17.6 Å². The zero-order valence-corrected chi connectivity index (χ0v) is 11.9. The summed E-state index contributed by atoms with van der Waals surface area (Å²) in [6.45, 7) is 1.85. The van der Waals surface area contributed by atoms with E-state index in [-0.39, 0.29) is 36.5 Å². The largest absolute Gasteiger partial charge is 0.354 e. The molecule has 0 spiro atoms. The Balaban J connectivity index is 1.93. The summed E-state index contributed by atoms with van der Waals surface area (Å²) in [4.78, 5) is 24.6. The minimum absolute atomic E-state index is 0.00459. The number of hydrogen-bond acceptors (Lipinski definition) is 2. The van der Waals surface area contributed by atoms with Crippen molar-refractivity contribution in [1.29, 1.82) is 0 Å². The third-order valence-corrected chi connectivity index (χ3v) is 3.71. The van der Waals surface area contributed by atoms with Gasteiger partial charge >= 0.3 is 0 Å². The van der Waals surface area contributed by atoms with E-state index in [9.17, 15) is 18.4 Å². The summed E-state index contributed by atoms with van der Waals surface area (Å²) in [5.41, 5.74) is 0.277. The van der Waals surface area contributed by atoms with Crippen molar-refractivity contribution in [3.63, 3.8) is 0 Å². The lowest BCUT2D eigenvalue weighted by atomic mass is 9.85. The van der Waals surface area contributed by atoms with E-state index >= 15 is 0 Å². The van der Waals surface area contributed by atoms with Crippen LogP contribution < -0.4 is 10.2 Å². The Bertz CT molecular complexity index is 544. The number of nitrogens with zero attached hydrogens (tertiary/aromatic N) is 1. The van der Waals surface area contributed by atoms with Crippen LogP contribution in [0.4, 0.5) is 14.5 Å². The van der Waals surface area contributed by atoms with Gasteiger partial charge in [0.05, 0.1) is 0 Å². The zero-order chi connectivity index (χ0) is 15.4. The van der Waals surface area contributed by atoms with Crippen LogP contribution in [-0.2, 0) is 9.59 Å². The van der Waals surface area contributed by atoms with E-state index in [2.05, 4.69) is 5.32 Å². The average molecular weight is 296 g/mol. The standard InChI is InChI=1S/C15H18F2N2O2/c1-10(20)19(12-5-6-13(16)14(17)9-12)8-7-18-15(21)11-3-2-4-11/h5-6,9,11H,2-4,7-8H2,1H3,(H,18,21). The molecule has 1 saturated carbocycles. The Hall–Kier alpha value is -1.98. The summed E-state index contributed by atoms with van der Waals surface area (Å²) < 4.78 is 26.1. The Morgan fingerprint density at radius 1 is 1.29 bits per heavy atom. The van der Waals surface area contributed by atoms with Gasteiger partial charge in [-0.15, -0.1) is 0 Å². The minimum atomic E-state index is -1.00. The van der Waals surface area contributed by atoms with Crippen LogP contribution in [0.3, 0.4) is 0 Å². The van der Waals surface area contributed by atoms with Crippen molar-refractivity contribution < 1.29 is 18.4 Å². The predicted molar refractivity (Wildman–Crippen MR) is 74.7 cm³/mol. The van der Waals surface area contributed by atoms with Crippen LogP contribution in [0.1, 0.15) is 26.2 Å². The molecule has 0 aliphatic heterocycles. The molecule has 1 aromatic carbocycles. The van der Waals surface area contributed by atoms with Crippen molar-refractivity contribution in [2.75, 3.05) is 18.0 Å². The van der Waals surface area contributed by atoms with Crippen LogP contribution in [0.5, 0.6) is 0 Å². The average Bonchev–Trinajstić information content (AvgIpc) is 2.35. The van der Waals surface area contributed by atoms with E-state index in [0.717, 1.165) is 31.4 Å². The Kier molecular flexibility index (Phi) is 4.88. The molecule has 6 heteroatoms. The molecule has 1 fully saturated rings. The van der Waals surface area contributed by atoms with Gasteiger partial charge in [-0.05, 0) is 25.0 Å². The van der Waals surface area contributed by atoms with Gasteiger partial charge in [0.25, 0.3) is 0 Å². The molecule has 0 unspecified atom stereocenters. The normalized spacial score (nSPS) is 14.4. The van der Waals surface area contributed by atoms with E-state index < -0.39 is 11.6 Å². The Morgan fingerprint density at radius 2 is 2.00 bits per heavy atom. The highest BCUT2D eigenvalue weighted by molar-refractivity contribution is 5.91. The summed E-state index contributed by atoms with van der Waals surface area (Å²) in [6, 6.07) is 3.30. The van der Waals surface area contributed by atoms with Crippen LogP contribution in [0.2, 0.25) is 0 Å². The number of rotatable bonds is 5. The SMILES string of the molecule is CC(=O)N(CCNC(=O)C1CCC1)c1ccc(F)c(F)c1. The van der Waals surface area contributed by atoms with Crippen LogP contribution in [-0.4, -0.2) is 24.9 Å². The van der Waals surface area contributed by atoms with Crippen molar-refractivity contribution in [2.45, 2.75) is 26.2 Å². The molecule has 4 nitrogen and oxygen atoms in total. The summed E-state index contributed by atoms with van der Waals surface area (Å²) >= 11 is 0. The molecule has 2 amide bonds. The molecule has 0 radical (unpaired) electrons. The highest BCUT2D eigenvalue weighted by Gasteiger charge is 2.25. The third-order valence-electron chi connectivity index (χ3n) is 3.71. The number of carbonyl (C=O) groups is 2. The summed E-state index contributed by atoms with van der Waals surface area (Å²) in [5, 5.41) is 2.77. The summed E-state index contributed by atoms with van der Waals surface area (Å²) in [5.74, 6) is -2.18. The molecular weight excluding hydrogens is 278 g/mol. The van der Waals surface area contributed by atoms with Crippen LogP contribution >= 0.6 is 0 Å². The van der Waals surface area contributed by atoms with Crippen molar-refractivity contribution in [1.82, 2.24) is 5.32 Å². The molecule has 1 aliphatic rings. The monoisotopic (exact) mass is 296 g/mol. The second-order valence-electron chi connectivity index (χ2n) is 5.19. The predicted octanol–water partition coefficient (Wildman–Crippen LogP) is 2.23. The lowest BCUT2D eigenvalue weighted by molar-refractivity contribution is -0.127. The number of carbonyl (C=O) groups excluding carboxylic acids is 2. The maximum absolute atomic E-state index is 13.2. The topological polar surface area (TPSA) is 49.4 Å². The molecule has 1 aromatic rings. The van der Waals surface area contributed by atoms with Crippen molar-refractivity contribution in [2.24, 2.45) is 5.92 Å². The van der Waals surface area contributed by atoms with E-state index in [1.807, 2.05) is 0 Å². The first-order chi connectivity index (χ1) is 9.99.